The molecule has 2 aliphatic carbocycles. The maximum absolute atomic E-state index is 13.6. The maximum atomic E-state index is 13.6. The van der Waals surface area contributed by atoms with E-state index >= 15 is 0 Å². The monoisotopic (exact) mass is 483 g/mol. The zero-order valence-corrected chi connectivity index (χ0v) is 21.4. The minimum Gasteiger partial charge on any atom is -0.390 e. The van der Waals surface area contributed by atoms with Gasteiger partial charge in [-0.3, -0.25) is 0 Å². The number of hydrogen-bond donors (Lipinski definition) is 2. The van der Waals surface area contributed by atoms with Crippen LogP contribution in [0.1, 0.15) is 80.9 Å². The lowest BCUT2D eigenvalue weighted by Gasteiger charge is -2.38. The molecule has 2 N–H and O–H groups in total. The van der Waals surface area contributed by atoms with Gasteiger partial charge in [0.25, 0.3) is 0 Å². The Bertz CT molecular complexity index is 914. The van der Waals surface area contributed by atoms with Crippen molar-refractivity contribution in [2.24, 2.45) is 5.92 Å². The summed E-state index contributed by atoms with van der Waals surface area (Å²) in [5, 5.41) is 7.05. The molecule has 1 heterocycles. The fourth-order valence-corrected chi connectivity index (χ4v) is 6.36. The van der Waals surface area contributed by atoms with Crippen LogP contribution >= 0.6 is 0 Å². The normalized spacial score (nSPS) is 25.2. The van der Waals surface area contributed by atoms with Gasteiger partial charge in [0.05, 0.1) is 6.04 Å². The number of allylic oxidation sites excluding steroid dienone is 1. The molecule has 0 bridgehead atoms. The second-order valence-corrected chi connectivity index (χ2v) is 10.9. The van der Waals surface area contributed by atoms with E-state index in [0.29, 0.717) is 24.8 Å². The van der Waals surface area contributed by atoms with Crippen LogP contribution in [-0.2, 0) is 13.0 Å². The molecular weight excluding hydrogens is 440 g/mol. The van der Waals surface area contributed by atoms with Crippen molar-refractivity contribution in [3.05, 3.63) is 66.4 Å². The van der Waals surface area contributed by atoms with Gasteiger partial charge in [0, 0.05) is 55.5 Å². The van der Waals surface area contributed by atoms with Gasteiger partial charge in [-0.15, -0.1) is 6.58 Å². The number of likely N-dealkylation sites (N-methyl/N-ethyl adjacent to an activating group) is 1. The second-order valence-electron chi connectivity index (χ2n) is 10.9. The summed E-state index contributed by atoms with van der Waals surface area (Å²) in [6.07, 6.45) is 11.0. The van der Waals surface area contributed by atoms with E-state index in [2.05, 4.69) is 53.5 Å². The Morgan fingerprint density at radius 2 is 1.94 bits per heavy atom. The molecule has 0 aromatic heterocycles. The Kier molecular flexibility index (Phi) is 8.36. The Balaban J connectivity index is 1.42. The maximum Gasteiger partial charge on any atom is 0.248 e. The molecule has 0 saturated heterocycles. The van der Waals surface area contributed by atoms with Gasteiger partial charge in [-0.25, -0.2) is 8.78 Å². The number of rotatable bonds is 10. The van der Waals surface area contributed by atoms with Crippen LogP contribution in [0.5, 0.6) is 0 Å². The first-order chi connectivity index (χ1) is 16.8. The third-order valence-electron chi connectivity index (χ3n) is 8.49. The first-order valence-electron chi connectivity index (χ1n) is 13.5. The standard InChI is InChI=1S/C30H43F2N3/c1-5-6-11-29(21(2)33-4)35-20-25-19-23(12-13-27(25)22(35)3)18-24-9-7-8-10-28(24)34-26-14-16-30(31,32)17-15-26/h5,12-13,19,24,26,28-29,33-34H,1-3,6-11,14-18,20H2,4H3/t24-,28?,29?/m1/s1. The van der Waals surface area contributed by atoms with Gasteiger partial charge in [-0.1, -0.05) is 50.3 Å². The van der Waals surface area contributed by atoms with Crippen LogP contribution in [0.25, 0.3) is 5.70 Å². The first kappa shape index (κ1) is 25.9. The minimum atomic E-state index is -2.46. The Morgan fingerprint density at radius 1 is 1.20 bits per heavy atom. The van der Waals surface area contributed by atoms with E-state index in [1.165, 1.54) is 36.0 Å². The predicted octanol–water partition coefficient (Wildman–Crippen LogP) is 6.81. The Hall–Kier alpha value is -2.14. The number of benzene rings is 1. The number of alkyl halides is 2. The van der Waals surface area contributed by atoms with Gasteiger partial charge in [-0.05, 0) is 62.0 Å². The van der Waals surface area contributed by atoms with Crippen molar-refractivity contribution in [2.45, 2.75) is 101 Å². The van der Waals surface area contributed by atoms with Gasteiger partial charge < -0.3 is 15.5 Å². The minimum absolute atomic E-state index is 0.0288. The van der Waals surface area contributed by atoms with E-state index in [1.807, 2.05) is 13.1 Å². The third kappa shape index (κ3) is 6.17. The summed E-state index contributed by atoms with van der Waals surface area (Å²) in [5.74, 6) is -1.90. The molecule has 1 aromatic carbocycles. The molecule has 2 unspecified atom stereocenters. The number of fused-ring (bicyclic) bond motifs is 1. The zero-order valence-electron chi connectivity index (χ0n) is 21.4. The molecule has 192 valence electrons. The lowest BCUT2D eigenvalue weighted by atomic mass is 9.79. The van der Waals surface area contributed by atoms with Gasteiger partial charge in [0.2, 0.25) is 5.92 Å². The Morgan fingerprint density at radius 3 is 2.66 bits per heavy atom. The molecule has 0 spiro atoms. The van der Waals surface area contributed by atoms with Crippen molar-refractivity contribution in [1.82, 2.24) is 15.5 Å². The van der Waals surface area contributed by atoms with Crippen LogP contribution in [0.4, 0.5) is 8.78 Å². The predicted molar refractivity (Wildman–Crippen MR) is 142 cm³/mol. The lowest BCUT2D eigenvalue weighted by molar-refractivity contribution is -0.0421. The average molecular weight is 484 g/mol. The first-order valence-corrected chi connectivity index (χ1v) is 13.5. The highest BCUT2D eigenvalue weighted by Crippen LogP contribution is 2.38. The molecule has 1 aliphatic heterocycles. The van der Waals surface area contributed by atoms with Crippen molar-refractivity contribution < 1.29 is 8.78 Å². The molecule has 5 heteroatoms. The van der Waals surface area contributed by atoms with E-state index < -0.39 is 5.92 Å². The molecule has 2 saturated carbocycles. The summed E-state index contributed by atoms with van der Waals surface area (Å²) in [7, 11) is 1.93. The summed E-state index contributed by atoms with van der Waals surface area (Å²) in [6.45, 7) is 13.4. The molecule has 4 rings (SSSR count). The molecule has 35 heavy (non-hydrogen) atoms. The SMILES string of the molecule is C=CCCC(C(=C)NC)N1Cc2cc(C[C@H]3CCCCC3NC3CCC(F)(F)CC3)ccc2C1=C. The summed E-state index contributed by atoms with van der Waals surface area (Å²) in [4.78, 5) is 2.38. The number of hydrogen-bond acceptors (Lipinski definition) is 3. The molecule has 2 fully saturated rings. The highest BCUT2D eigenvalue weighted by atomic mass is 19.3. The van der Waals surface area contributed by atoms with Gasteiger partial charge in [-0.2, -0.15) is 0 Å². The van der Waals surface area contributed by atoms with Crippen LogP contribution in [0.3, 0.4) is 0 Å². The summed E-state index contributed by atoms with van der Waals surface area (Å²) in [5.41, 5.74) is 6.04. The van der Waals surface area contributed by atoms with Crippen molar-refractivity contribution >= 4 is 5.70 Å². The van der Waals surface area contributed by atoms with Gasteiger partial charge in [0.15, 0.2) is 0 Å². The van der Waals surface area contributed by atoms with Crippen LogP contribution < -0.4 is 10.6 Å². The fraction of sp³-hybridized carbons (Fsp3) is 0.600. The smallest absolute Gasteiger partial charge is 0.248 e. The van der Waals surface area contributed by atoms with Crippen molar-refractivity contribution in [1.29, 1.82) is 0 Å². The molecule has 3 nitrogen and oxygen atoms in total. The highest BCUT2D eigenvalue weighted by molar-refractivity contribution is 5.70. The number of nitrogens with one attached hydrogen (secondary N) is 2. The zero-order chi connectivity index (χ0) is 25.0. The second kappa shape index (κ2) is 11.3. The molecule has 3 aliphatic rings. The molecular formula is C30H43F2N3. The Labute approximate surface area is 210 Å². The fourth-order valence-electron chi connectivity index (χ4n) is 6.36. The van der Waals surface area contributed by atoms with Crippen LogP contribution in [-0.4, -0.2) is 36.0 Å². The van der Waals surface area contributed by atoms with E-state index in [4.69, 9.17) is 0 Å². The van der Waals surface area contributed by atoms with Crippen LogP contribution in [0.2, 0.25) is 0 Å². The van der Waals surface area contributed by atoms with Crippen molar-refractivity contribution in [3.8, 4) is 0 Å². The van der Waals surface area contributed by atoms with E-state index in [0.717, 1.165) is 43.6 Å². The molecule has 3 atom stereocenters. The van der Waals surface area contributed by atoms with Crippen LogP contribution in [0, 0.1) is 5.92 Å². The van der Waals surface area contributed by atoms with E-state index in [9.17, 15) is 8.78 Å². The van der Waals surface area contributed by atoms with Gasteiger partial charge in [0.1, 0.15) is 0 Å². The largest absolute Gasteiger partial charge is 0.390 e. The lowest BCUT2D eigenvalue weighted by Crippen LogP contribution is -2.47. The topological polar surface area (TPSA) is 27.3 Å². The number of nitrogens with zero attached hydrogens (tertiary/aromatic N) is 1. The van der Waals surface area contributed by atoms with Crippen LogP contribution in [0.15, 0.2) is 49.7 Å². The van der Waals surface area contributed by atoms with E-state index in [1.54, 1.807) is 0 Å². The van der Waals surface area contributed by atoms with Gasteiger partial charge >= 0.3 is 0 Å². The highest BCUT2D eigenvalue weighted by Gasteiger charge is 2.37. The molecule has 0 amide bonds. The quantitative estimate of drug-likeness (QED) is 0.358. The molecule has 0 radical (unpaired) electrons. The summed E-state index contributed by atoms with van der Waals surface area (Å²) < 4.78 is 27.2. The molecule has 1 aromatic rings. The summed E-state index contributed by atoms with van der Waals surface area (Å²) >= 11 is 0. The van der Waals surface area contributed by atoms with Crippen molar-refractivity contribution in [3.63, 3.8) is 0 Å². The van der Waals surface area contributed by atoms with E-state index in [-0.39, 0.29) is 24.9 Å². The summed E-state index contributed by atoms with van der Waals surface area (Å²) in [6, 6.07) is 7.75. The number of halogens is 2. The third-order valence-corrected chi connectivity index (χ3v) is 8.49. The van der Waals surface area contributed by atoms with Crippen molar-refractivity contribution in [2.75, 3.05) is 7.05 Å². The average Bonchev–Trinajstić information content (AvgIpc) is 3.17.